The fourth-order valence-electron chi connectivity index (χ4n) is 9.24. The predicted molar refractivity (Wildman–Crippen MR) is 94.2 cm³/mol. The molecule has 0 aromatic rings. The summed E-state index contributed by atoms with van der Waals surface area (Å²) in [6.45, 7) is 0. The second-order valence-electron chi connectivity index (χ2n) is 11.1. The highest BCUT2D eigenvalue weighted by Crippen LogP contribution is 2.61. The molecule has 0 heterocycles. The van der Waals surface area contributed by atoms with Crippen molar-refractivity contribution >= 4 is 5.91 Å². The smallest absolute Gasteiger partial charge is 0.220 e. The van der Waals surface area contributed by atoms with Crippen LogP contribution in [-0.4, -0.2) is 11.9 Å². The fraction of sp³-hybridized carbons (Fsp3) is 0.955. The van der Waals surface area contributed by atoms with Crippen LogP contribution in [-0.2, 0) is 4.79 Å². The van der Waals surface area contributed by atoms with Crippen LogP contribution in [0.2, 0.25) is 0 Å². The molecule has 0 unspecified atom stereocenters. The van der Waals surface area contributed by atoms with Crippen LogP contribution in [0.25, 0.3) is 0 Å². The van der Waals surface area contributed by atoms with E-state index in [0.717, 1.165) is 47.8 Å². The van der Waals surface area contributed by atoms with Crippen molar-refractivity contribution in [2.75, 3.05) is 0 Å². The molecule has 8 saturated carbocycles. The molecule has 0 aromatic carbocycles. The van der Waals surface area contributed by atoms with Gasteiger partial charge in [-0.1, -0.05) is 0 Å². The van der Waals surface area contributed by atoms with Crippen LogP contribution < -0.4 is 5.32 Å². The van der Waals surface area contributed by atoms with Gasteiger partial charge in [0.05, 0.1) is 0 Å². The molecule has 1 N–H and O–H groups in total. The Morgan fingerprint density at radius 3 is 1.67 bits per heavy atom. The van der Waals surface area contributed by atoms with Crippen molar-refractivity contribution < 1.29 is 4.79 Å². The summed E-state index contributed by atoms with van der Waals surface area (Å²) in [7, 11) is 0. The average molecular weight is 328 g/mol. The van der Waals surface area contributed by atoms with E-state index in [0.29, 0.717) is 17.4 Å². The van der Waals surface area contributed by atoms with Gasteiger partial charge in [0, 0.05) is 12.5 Å². The maximum atomic E-state index is 13.0. The number of hydrogen-bond donors (Lipinski definition) is 1. The minimum Gasteiger partial charge on any atom is -0.353 e. The second-order valence-corrected chi connectivity index (χ2v) is 11.1. The molecule has 0 saturated heterocycles. The van der Waals surface area contributed by atoms with Crippen molar-refractivity contribution in [1.29, 1.82) is 0 Å². The van der Waals surface area contributed by atoms with Gasteiger partial charge in [0.25, 0.3) is 0 Å². The lowest BCUT2D eigenvalue weighted by Gasteiger charge is -2.57. The normalized spacial score (nSPS) is 56.7. The minimum absolute atomic E-state index is 0.407. The topological polar surface area (TPSA) is 29.1 Å². The zero-order valence-electron chi connectivity index (χ0n) is 15.0. The Morgan fingerprint density at radius 2 is 1.17 bits per heavy atom. The van der Waals surface area contributed by atoms with Gasteiger partial charge < -0.3 is 5.32 Å². The highest BCUT2D eigenvalue weighted by atomic mass is 16.1. The molecule has 8 fully saturated rings. The number of nitrogens with one attached hydrogen (secondary N) is 1. The molecule has 8 rings (SSSR count). The third kappa shape index (κ3) is 2.23. The number of amides is 1. The molecule has 8 bridgehead atoms. The molecule has 2 nitrogen and oxygen atoms in total. The summed E-state index contributed by atoms with van der Waals surface area (Å²) < 4.78 is 0. The van der Waals surface area contributed by atoms with Gasteiger partial charge in [-0.15, -0.1) is 0 Å². The molecule has 8 aliphatic rings. The van der Waals surface area contributed by atoms with Gasteiger partial charge in [-0.3, -0.25) is 4.79 Å². The van der Waals surface area contributed by atoms with Crippen LogP contribution in [0.3, 0.4) is 0 Å². The van der Waals surface area contributed by atoms with Gasteiger partial charge in [0.15, 0.2) is 0 Å². The van der Waals surface area contributed by atoms with E-state index in [1.165, 1.54) is 70.6 Å². The molecule has 24 heavy (non-hydrogen) atoms. The summed E-state index contributed by atoms with van der Waals surface area (Å²) in [6, 6.07) is 0.541. The molecule has 0 atom stereocenters. The number of carbonyl (C=O) groups excluding carboxylic acids is 1. The highest BCUT2D eigenvalue weighted by molar-refractivity contribution is 5.77. The molecular weight excluding hydrogens is 294 g/mol. The van der Waals surface area contributed by atoms with Crippen molar-refractivity contribution in [2.45, 2.75) is 83.1 Å². The van der Waals surface area contributed by atoms with E-state index in [9.17, 15) is 4.79 Å². The third-order valence-electron chi connectivity index (χ3n) is 9.26. The maximum Gasteiger partial charge on any atom is 0.220 e. The molecule has 8 aliphatic carbocycles. The quantitative estimate of drug-likeness (QED) is 0.810. The van der Waals surface area contributed by atoms with E-state index in [4.69, 9.17) is 0 Å². The van der Waals surface area contributed by atoms with E-state index in [1.807, 2.05) is 0 Å². The van der Waals surface area contributed by atoms with Gasteiger partial charge in [0.2, 0.25) is 5.91 Å². The average Bonchev–Trinajstić information content (AvgIpc) is 2.48. The van der Waals surface area contributed by atoms with Crippen LogP contribution in [0.5, 0.6) is 0 Å². The Bertz CT molecular complexity index is 489. The standard InChI is InChI=1S/C22H33NO/c24-20(12-22-9-15-2-16(10-22)4-17(3-15)11-22)23-21-18-5-13-1-14(7-18)8-19(21)6-13/h13-19,21H,1-12H2,(H,23,24). The van der Waals surface area contributed by atoms with Crippen LogP contribution >= 0.6 is 0 Å². The van der Waals surface area contributed by atoms with Crippen LogP contribution in [0.4, 0.5) is 0 Å². The predicted octanol–water partition coefficient (Wildman–Crippen LogP) is 4.53. The van der Waals surface area contributed by atoms with Crippen LogP contribution in [0.1, 0.15) is 77.0 Å². The molecule has 132 valence electrons. The Labute approximate surface area is 146 Å². The number of hydrogen-bond acceptors (Lipinski definition) is 1. The summed E-state index contributed by atoms with van der Waals surface area (Å²) in [5.41, 5.74) is 0.407. The van der Waals surface area contributed by atoms with E-state index in [1.54, 1.807) is 0 Å². The molecule has 0 aliphatic heterocycles. The molecule has 0 spiro atoms. The summed E-state index contributed by atoms with van der Waals surface area (Å²) in [5, 5.41) is 3.60. The van der Waals surface area contributed by atoms with Crippen molar-refractivity contribution in [1.82, 2.24) is 5.32 Å². The minimum atomic E-state index is 0.407. The first kappa shape index (κ1) is 14.6. The molecule has 0 aromatic heterocycles. The molecule has 2 heteroatoms. The Kier molecular flexibility index (Phi) is 3.05. The van der Waals surface area contributed by atoms with Crippen LogP contribution in [0, 0.1) is 46.8 Å². The Morgan fingerprint density at radius 1 is 0.708 bits per heavy atom. The monoisotopic (exact) mass is 327 g/mol. The van der Waals surface area contributed by atoms with Crippen molar-refractivity contribution in [3.8, 4) is 0 Å². The first-order valence-corrected chi connectivity index (χ1v) is 10.9. The van der Waals surface area contributed by atoms with Gasteiger partial charge in [0.1, 0.15) is 0 Å². The number of rotatable bonds is 3. The second kappa shape index (κ2) is 5.01. The molecule has 1 amide bonds. The van der Waals surface area contributed by atoms with Crippen molar-refractivity contribution in [3.63, 3.8) is 0 Å². The highest BCUT2D eigenvalue weighted by Gasteiger charge is 2.52. The third-order valence-corrected chi connectivity index (χ3v) is 9.26. The van der Waals surface area contributed by atoms with Gasteiger partial charge in [-0.05, 0) is 117 Å². The zero-order valence-corrected chi connectivity index (χ0v) is 15.0. The first-order valence-electron chi connectivity index (χ1n) is 10.9. The van der Waals surface area contributed by atoms with Crippen molar-refractivity contribution in [3.05, 3.63) is 0 Å². The van der Waals surface area contributed by atoms with E-state index >= 15 is 0 Å². The maximum absolute atomic E-state index is 13.0. The lowest BCUT2D eigenvalue weighted by Crippen LogP contribution is -2.56. The summed E-state index contributed by atoms with van der Waals surface area (Å²) in [5.74, 6) is 6.96. The Hall–Kier alpha value is -0.530. The van der Waals surface area contributed by atoms with E-state index in [2.05, 4.69) is 5.32 Å². The lowest BCUT2D eigenvalue weighted by molar-refractivity contribution is -0.133. The van der Waals surface area contributed by atoms with E-state index in [-0.39, 0.29) is 0 Å². The van der Waals surface area contributed by atoms with Gasteiger partial charge >= 0.3 is 0 Å². The summed E-state index contributed by atoms with van der Waals surface area (Å²) in [6.07, 6.45) is 16.6. The van der Waals surface area contributed by atoms with Gasteiger partial charge in [-0.2, -0.15) is 0 Å². The zero-order chi connectivity index (χ0) is 15.9. The number of carbonyl (C=O) groups is 1. The Balaban J connectivity index is 1.14. The molecular formula is C22H33NO. The first-order chi connectivity index (χ1) is 11.6. The lowest BCUT2D eigenvalue weighted by atomic mass is 9.48. The van der Waals surface area contributed by atoms with Crippen LogP contribution in [0.15, 0.2) is 0 Å². The fourth-order valence-corrected chi connectivity index (χ4v) is 9.24. The van der Waals surface area contributed by atoms with Gasteiger partial charge in [-0.25, -0.2) is 0 Å². The summed E-state index contributed by atoms with van der Waals surface area (Å²) >= 11 is 0. The largest absolute Gasteiger partial charge is 0.353 e. The van der Waals surface area contributed by atoms with E-state index < -0.39 is 0 Å². The SMILES string of the molecule is O=C(CC12CC3CC(CC(C3)C1)C2)NC1C2CC3CC(C2)CC1C3. The molecule has 0 radical (unpaired) electrons. The van der Waals surface area contributed by atoms with Crippen molar-refractivity contribution in [2.24, 2.45) is 46.8 Å². The summed E-state index contributed by atoms with van der Waals surface area (Å²) in [4.78, 5) is 13.0.